The highest BCUT2D eigenvalue weighted by atomic mass is 32.2. The molecule has 0 radical (unpaired) electrons. The first kappa shape index (κ1) is 17.2. The molecule has 0 aliphatic rings. The van der Waals surface area contributed by atoms with Crippen molar-refractivity contribution in [2.24, 2.45) is 0 Å². The molecule has 7 heteroatoms. The van der Waals surface area contributed by atoms with E-state index in [2.05, 4.69) is 32.5 Å². The summed E-state index contributed by atoms with van der Waals surface area (Å²) in [7, 11) is 0. The lowest BCUT2D eigenvalue weighted by Crippen LogP contribution is -2.23. The van der Waals surface area contributed by atoms with Crippen LogP contribution in [0.3, 0.4) is 0 Å². The summed E-state index contributed by atoms with van der Waals surface area (Å²) >= 11 is 1.77. The van der Waals surface area contributed by atoms with E-state index in [9.17, 15) is 4.79 Å². The predicted molar refractivity (Wildman–Crippen MR) is 97.4 cm³/mol. The Kier molecular flexibility index (Phi) is 6.17. The van der Waals surface area contributed by atoms with Gasteiger partial charge in [-0.1, -0.05) is 24.3 Å². The number of amides is 1. The van der Waals surface area contributed by atoms with Gasteiger partial charge in [0.05, 0.1) is 0 Å². The van der Waals surface area contributed by atoms with Crippen LogP contribution in [0.2, 0.25) is 0 Å². The Hall–Kier alpha value is -2.67. The second-order valence-electron chi connectivity index (χ2n) is 5.37. The topological polar surface area (TPSA) is 72.7 Å². The van der Waals surface area contributed by atoms with Gasteiger partial charge in [-0.2, -0.15) is 5.10 Å². The largest absolute Gasteiger partial charge is 0.352 e. The molecule has 0 spiro atoms. The first-order valence-corrected chi connectivity index (χ1v) is 9.05. The van der Waals surface area contributed by atoms with Crippen molar-refractivity contribution in [3.63, 3.8) is 0 Å². The quantitative estimate of drug-likeness (QED) is 0.498. The summed E-state index contributed by atoms with van der Waals surface area (Å²) in [4.78, 5) is 21.5. The van der Waals surface area contributed by atoms with Gasteiger partial charge in [-0.3, -0.25) is 4.79 Å². The zero-order chi connectivity index (χ0) is 17.3. The molecule has 2 heterocycles. The van der Waals surface area contributed by atoms with Crippen LogP contribution in [0.5, 0.6) is 0 Å². The number of aromatic nitrogens is 4. The number of hydrogen-bond donors (Lipinski definition) is 1. The van der Waals surface area contributed by atoms with Gasteiger partial charge in [0, 0.05) is 29.6 Å². The third kappa shape index (κ3) is 5.15. The minimum absolute atomic E-state index is 0.0436. The summed E-state index contributed by atoms with van der Waals surface area (Å²) in [6.45, 7) is 0.424. The third-order valence-corrected chi connectivity index (χ3v) is 4.64. The lowest BCUT2D eigenvalue weighted by molar-refractivity contribution is -0.121. The number of rotatable bonds is 8. The Morgan fingerprint density at radius 3 is 2.84 bits per heavy atom. The molecule has 0 aliphatic heterocycles. The first-order chi connectivity index (χ1) is 12.3. The Bertz CT molecular complexity index is 792. The summed E-state index contributed by atoms with van der Waals surface area (Å²) in [6, 6.07) is 14.0. The molecule has 0 fully saturated rings. The highest BCUT2D eigenvalue weighted by Gasteiger charge is 2.08. The van der Waals surface area contributed by atoms with E-state index in [1.165, 1.54) is 11.2 Å². The standard InChI is InChI=1S/C18H19N5OS/c24-17(9-5-11-25-16-7-2-1-3-8-16)21-12-15-6-4-10-20-18(15)23-14-19-13-22-23/h1-4,6-8,10,13-14H,5,9,11-12H2,(H,21,24). The molecule has 128 valence electrons. The fourth-order valence-electron chi connectivity index (χ4n) is 2.31. The van der Waals surface area contributed by atoms with Crippen LogP contribution >= 0.6 is 11.8 Å². The zero-order valence-electron chi connectivity index (χ0n) is 13.7. The Morgan fingerprint density at radius 2 is 2.04 bits per heavy atom. The van der Waals surface area contributed by atoms with E-state index in [0.29, 0.717) is 18.8 Å². The highest BCUT2D eigenvalue weighted by Crippen LogP contribution is 2.18. The molecule has 3 rings (SSSR count). The molecule has 0 saturated heterocycles. The lowest BCUT2D eigenvalue weighted by Gasteiger charge is -2.09. The summed E-state index contributed by atoms with van der Waals surface area (Å²) in [5, 5.41) is 7.04. The molecule has 0 aliphatic carbocycles. The van der Waals surface area contributed by atoms with Crippen molar-refractivity contribution in [2.45, 2.75) is 24.3 Å². The van der Waals surface area contributed by atoms with Gasteiger partial charge in [0.15, 0.2) is 5.82 Å². The molecule has 1 aromatic carbocycles. The number of benzene rings is 1. The molecular weight excluding hydrogens is 334 g/mol. The summed E-state index contributed by atoms with van der Waals surface area (Å²) < 4.78 is 1.60. The van der Waals surface area contributed by atoms with Gasteiger partial charge < -0.3 is 5.32 Å². The van der Waals surface area contributed by atoms with Crippen molar-refractivity contribution in [1.82, 2.24) is 25.1 Å². The van der Waals surface area contributed by atoms with Gasteiger partial charge in [0.1, 0.15) is 12.7 Å². The van der Waals surface area contributed by atoms with E-state index in [1.54, 1.807) is 29.0 Å². The average molecular weight is 353 g/mol. The molecule has 0 bridgehead atoms. The Labute approximate surface area is 150 Å². The fraction of sp³-hybridized carbons (Fsp3) is 0.222. The molecule has 6 nitrogen and oxygen atoms in total. The van der Waals surface area contributed by atoms with E-state index in [-0.39, 0.29) is 5.91 Å². The van der Waals surface area contributed by atoms with Crippen molar-refractivity contribution in [2.75, 3.05) is 5.75 Å². The zero-order valence-corrected chi connectivity index (χ0v) is 14.5. The molecular formula is C18H19N5OS. The van der Waals surface area contributed by atoms with Gasteiger partial charge in [-0.25, -0.2) is 14.6 Å². The van der Waals surface area contributed by atoms with Crippen molar-refractivity contribution < 1.29 is 4.79 Å². The molecule has 0 unspecified atom stereocenters. The maximum Gasteiger partial charge on any atom is 0.220 e. The Morgan fingerprint density at radius 1 is 1.16 bits per heavy atom. The number of hydrogen-bond acceptors (Lipinski definition) is 5. The monoisotopic (exact) mass is 353 g/mol. The van der Waals surface area contributed by atoms with Gasteiger partial charge in [0.2, 0.25) is 5.91 Å². The SMILES string of the molecule is O=C(CCCSc1ccccc1)NCc1cccnc1-n1cncn1. The van der Waals surface area contributed by atoms with Crippen LogP contribution in [-0.4, -0.2) is 31.4 Å². The maximum absolute atomic E-state index is 12.0. The van der Waals surface area contributed by atoms with E-state index < -0.39 is 0 Å². The maximum atomic E-state index is 12.0. The number of nitrogens with one attached hydrogen (secondary N) is 1. The van der Waals surface area contributed by atoms with Crippen LogP contribution in [0.25, 0.3) is 5.82 Å². The number of pyridine rings is 1. The van der Waals surface area contributed by atoms with Gasteiger partial charge in [0.25, 0.3) is 0 Å². The molecule has 1 amide bonds. The van der Waals surface area contributed by atoms with Gasteiger partial charge in [-0.15, -0.1) is 11.8 Å². The number of carbonyl (C=O) groups excluding carboxylic acids is 1. The molecule has 3 aromatic rings. The Balaban J connectivity index is 1.44. The normalized spacial score (nSPS) is 10.6. The summed E-state index contributed by atoms with van der Waals surface area (Å²) in [6.07, 6.45) is 6.10. The van der Waals surface area contributed by atoms with Crippen LogP contribution in [0.15, 0.2) is 66.2 Å². The van der Waals surface area contributed by atoms with Crippen molar-refractivity contribution in [1.29, 1.82) is 0 Å². The summed E-state index contributed by atoms with van der Waals surface area (Å²) in [5.74, 6) is 1.65. The van der Waals surface area contributed by atoms with E-state index >= 15 is 0 Å². The van der Waals surface area contributed by atoms with Gasteiger partial charge >= 0.3 is 0 Å². The highest BCUT2D eigenvalue weighted by molar-refractivity contribution is 7.99. The average Bonchev–Trinajstić information content (AvgIpc) is 3.19. The fourth-order valence-corrected chi connectivity index (χ4v) is 3.19. The van der Waals surface area contributed by atoms with Crippen LogP contribution in [0, 0.1) is 0 Å². The lowest BCUT2D eigenvalue weighted by atomic mass is 10.2. The molecule has 2 aromatic heterocycles. The van der Waals surface area contributed by atoms with E-state index in [0.717, 1.165) is 17.7 Å². The number of thioether (sulfide) groups is 1. The minimum Gasteiger partial charge on any atom is -0.352 e. The van der Waals surface area contributed by atoms with Crippen molar-refractivity contribution in [3.8, 4) is 5.82 Å². The van der Waals surface area contributed by atoms with Crippen LogP contribution in [0.4, 0.5) is 0 Å². The second-order valence-corrected chi connectivity index (χ2v) is 6.54. The molecule has 25 heavy (non-hydrogen) atoms. The second kappa shape index (κ2) is 8.98. The van der Waals surface area contributed by atoms with Gasteiger partial charge in [-0.05, 0) is 30.4 Å². The van der Waals surface area contributed by atoms with Crippen LogP contribution < -0.4 is 5.32 Å². The molecule has 0 atom stereocenters. The third-order valence-electron chi connectivity index (χ3n) is 3.54. The summed E-state index contributed by atoms with van der Waals surface area (Å²) in [5.41, 5.74) is 0.903. The van der Waals surface area contributed by atoms with Crippen molar-refractivity contribution in [3.05, 3.63) is 66.9 Å². The number of nitrogens with zero attached hydrogens (tertiary/aromatic N) is 4. The number of carbonyl (C=O) groups is 1. The minimum atomic E-state index is 0.0436. The van der Waals surface area contributed by atoms with Crippen LogP contribution in [0.1, 0.15) is 18.4 Å². The molecule has 0 saturated carbocycles. The van der Waals surface area contributed by atoms with Crippen LogP contribution in [-0.2, 0) is 11.3 Å². The smallest absolute Gasteiger partial charge is 0.220 e. The van der Waals surface area contributed by atoms with Crippen molar-refractivity contribution >= 4 is 17.7 Å². The predicted octanol–water partition coefficient (Wildman–Crippen LogP) is 2.85. The van der Waals surface area contributed by atoms with E-state index in [1.807, 2.05) is 30.3 Å². The van der Waals surface area contributed by atoms with E-state index in [4.69, 9.17) is 0 Å². The first-order valence-electron chi connectivity index (χ1n) is 8.06. The molecule has 1 N–H and O–H groups in total.